The minimum Gasteiger partial charge on any atom is -0.370 e. The van der Waals surface area contributed by atoms with Crippen molar-refractivity contribution in [3.05, 3.63) is 69.2 Å². The molecule has 0 saturated carbocycles. The molecule has 0 aliphatic heterocycles. The lowest BCUT2D eigenvalue weighted by Gasteiger charge is -2.18. The first-order chi connectivity index (χ1) is 10.9. The van der Waals surface area contributed by atoms with Gasteiger partial charge in [0, 0.05) is 10.0 Å². The van der Waals surface area contributed by atoms with Crippen molar-refractivity contribution in [1.29, 1.82) is 5.41 Å². The Morgan fingerprint density at radius 1 is 1.21 bits per heavy atom. The molecule has 0 aromatic heterocycles. The zero-order chi connectivity index (χ0) is 17.0. The highest BCUT2D eigenvalue weighted by molar-refractivity contribution is 6.35. The fourth-order valence-corrected chi connectivity index (χ4v) is 2.85. The van der Waals surface area contributed by atoms with Gasteiger partial charge in [0.15, 0.2) is 5.96 Å². The summed E-state index contributed by atoms with van der Waals surface area (Å²) in [6.07, 6.45) is 0.445. The van der Waals surface area contributed by atoms with Crippen LogP contribution in [0.2, 0.25) is 10.0 Å². The van der Waals surface area contributed by atoms with E-state index in [-0.39, 0.29) is 18.3 Å². The number of amides is 1. The quantitative estimate of drug-likeness (QED) is 0.547. The Balaban J connectivity index is 0.00000288. The smallest absolute Gasteiger partial charge is 0.234 e. The van der Waals surface area contributed by atoms with Crippen LogP contribution in [-0.4, -0.2) is 11.9 Å². The van der Waals surface area contributed by atoms with E-state index in [1.807, 2.05) is 31.2 Å². The number of hydrogen-bond acceptors (Lipinski definition) is 2. The molecular formula is C17H18Cl3N3O. The number of nitrogens with one attached hydrogen (secondary N) is 2. The maximum atomic E-state index is 12.4. The summed E-state index contributed by atoms with van der Waals surface area (Å²) < 4.78 is 0. The fraction of sp³-hybridized carbons (Fsp3) is 0.176. The van der Waals surface area contributed by atoms with Crippen LogP contribution < -0.4 is 11.1 Å². The first-order valence-corrected chi connectivity index (χ1v) is 7.78. The van der Waals surface area contributed by atoms with Crippen LogP contribution >= 0.6 is 35.6 Å². The molecule has 1 atom stereocenters. The Labute approximate surface area is 157 Å². The molecule has 4 nitrogen and oxygen atoms in total. The van der Waals surface area contributed by atoms with Gasteiger partial charge in [0.1, 0.15) is 0 Å². The van der Waals surface area contributed by atoms with Crippen molar-refractivity contribution in [2.45, 2.75) is 19.3 Å². The molecule has 0 heterocycles. The lowest BCUT2D eigenvalue weighted by atomic mass is 9.91. The Kier molecular flexibility index (Phi) is 7.55. The third kappa shape index (κ3) is 5.41. The summed E-state index contributed by atoms with van der Waals surface area (Å²) in [5.41, 5.74) is 8.06. The molecule has 0 radical (unpaired) electrons. The van der Waals surface area contributed by atoms with Crippen LogP contribution in [0.15, 0.2) is 42.5 Å². The normalized spacial score (nSPS) is 11.3. The molecule has 4 N–H and O–H groups in total. The standard InChI is InChI=1S/C17H17Cl2N3O.ClH/c1-10-2-4-11(5-3-10)8-14(16(23)22-17(20)21)13-7-6-12(18)9-15(13)19;/h2-7,9,14H,8H2,1H3,(H4,20,21,22,23);1H/t14-;/m1./s1. The van der Waals surface area contributed by atoms with Crippen molar-refractivity contribution in [2.24, 2.45) is 5.73 Å². The molecule has 0 aliphatic carbocycles. The molecule has 128 valence electrons. The van der Waals surface area contributed by atoms with Crippen molar-refractivity contribution in [3.63, 3.8) is 0 Å². The second kappa shape index (κ2) is 8.92. The van der Waals surface area contributed by atoms with Crippen LogP contribution in [0.25, 0.3) is 0 Å². The Hall–Kier alpha value is -1.75. The fourth-order valence-electron chi connectivity index (χ4n) is 2.31. The van der Waals surface area contributed by atoms with Gasteiger partial charge in [-0.2, -0.15) is 0 Å². The molecule has 2 aromatic carbocycles. The molecule has 1 amide bonds. The zero-order valence-electron chi connectivity index (χ0n) is 13.0. The highest BCUT2D eigenvalue weighted by Gasteiger charge is 2.24. The van der Waals surface area contributed by atoms with E-state index in [0.29, 0.717) is 22.0 Å². The van der Waals surface area contributed by atoms with Gasteiger partial charge in [0.05, 0.1) is 5.92 Å². The van der Waals surface area contributed by atoms with Crippen molar-refractivity contribution in [3.8, 4) is 0 Å². The maximum Gasteiger partial charge on any atom is 0.234 e. The van der Waals surface area contributed by atoms with E-state index in [4.69, 9.17) is 34.3 Å². The number of rotatable bonds is 4. The predicted octanol–water partition coefficient (Wildman–Crippen LogP) is 4.06. The van der Waals surface area contributed by atoms with E-state index in [2.05, 4.69) is 5.32 Å². The van der Waals surface area contributed by atoms with Gasteiger partial charge < -0.3 is 5.73 Å². The first kappa shape index (κ1) is 20.3. The van der Waals surface area contributed by atoms with Gasteiger partial charge in [0.25, 0.3) is 0 Å². The number of carbonyl (C=O) groups excluding carboxylic acids is 1. The molecule has 0 fully saturated rings. The summed E-state index contributed by atoms with van der Waals surface area (Å²) >= 11 is 12.2. The summed E-state index contributed by atoms with van der Waals surface area (Å²) in [5.74, 6) is -1.33. The maximum absolute atomic E-state index is 12.4. The van der Waals surface area contributed by atoms with Gasteiger partial charge >= 0.3 is 0 Å². The Morgan fingerprint density at radius 3 is 2.38 bits per heavy atom. The average molecular weight is 387 g/mol. The minimum atomic E-state index is -0.564. The topological polar surface area (TPSA) is 79.0 Å². The van der Waals surface area contributed by atoms with Gasteiger partial charge in [-0.15, -0.1) is 12.4 Å². The van der Waals surface area contributed by atoms with E-state index in [9.17, 15) is 4.79 Å². The van der Waals surface area contributed by atoms with E-state index >= 15 is 0 Å². The van der Waals surface area contributed by atoms with Crippen LogP contribution in [0, 0.1) is 12.3 Å². The number of nitrogens with two attached hydrogens (primary N) is 1. The summed E-state index contributed by atoms with van der Waals surface area (Å²) in [5, 5.41) is 10.5. The van der Waals surface area contributed by atoms with Crippen LogP contribution in [0.3, 0.4) is 0 Å². The molecule has 24 heavy (non-hydrogen) atoms. The minimum absolute atomic E-state index is 0. The molecule has 0 saturated heterocycles. The number of guanidine groups is 1. The zero-order valence-corrected chi connectivity index (χ0v) is 15.3. The third-order valence-electron chi connectivity index (χ3n) is 3.47. The lowest BCUT2D eigenvalue weighted by molar-refractivity contribution is -0.121. The van der Waals surface area contributed by atoms with Gasteiger partial charge in [-0.25, -0.2) is 0 Å². The van der Waals surface area contributed by atoms with Crippen LogP contribution in [-0.2, 0) is 11.2 Å². The number of halogens is 3. The van der Waals surface area contributed by atoms with Crippen LogP contribution in [0.5, 0.6) is 0 Å². The largest absolute Gasteiger partial charge is 0.370 e. The van der Waals surface area contributed by atoms with Crippen LogP contribution in [0.4, 0.5) is 0 Å². The summed E-state index contributed by atoms with van der Waals surface area (Å²) in [7, 11) is 0. The van der Waals surface area contributed by atoms with Gasteiger partial charge in [-0.05, 0) is 36.6 Å². The van der Waals surface area contributed by atoms with E-state index in [0.717, 1.165) is 11.1 Å². The number of carbonyl (C=O) groups is 1. The van der Waals surface area contributed by atoms with Crippen LogP contribution in [0.1, 0.15) is 22.6 Å². The molecule has 0 aliphatic rings. The van der Waals surface area contributed by atoms with E-state index < -0.39 is 11.9 Å². The Morgan fingerprint density at radius 2 is 1.83 bits per heavy atom. The monoisotopic (exact) mass is 385 g/mol. The van der Waals surface area contributed by atoms with Crippen molar-refractivity contribution in [2.75, 3.05) is 0 Å². The summed E-state index contributed by atoms with van der Waals surface area (Å²) in [6, 6.07) is 12.9. The molecular weight excluding hydrogens is 369 g/mol. The van der Waals surface area contributed by atoms with Gasteiger partial charge in [0.2, 0.25) is 5.91 Å². The second-order valence-electron chi connectivity index (χ2n) is 5.31. The highest BCUT2D eigenvalue weighted by Crippen LogP contribution is 2.30. The third-order valence-corrected chi connectivity index (χ3v) is 4.04. The SMILES string of the molecule is Cc1ccc(C[C@@H](C(=O)NC(=N)N)c2ccc(Cl)cc2Cl)cc1.Cl. The molecule has 0 spiro atoms. The van der Waals surface area contributed by atoms with Crippen molar-refractivity contribution in [1.82, 2.24) is 5.32 Å². The summed E-state index contributed by atoms with van der Waals surface area (Å²) in [6.45, 7) is 2.00. The second-order valence-corrected chi connectivity index (χ2v) is 6.15. The number of aryl methyl sites for hydroxylation is 1. The van der Waals surface area contributed by atoms with Gasteiger partial charge in [-0.1, -0.05) is 59.1 Å². The molecule has 2 rings (SSSR count). The average Bonchev–Trinajstić information content (AvgIpc) is 2.46. The molecule has 0 bridgehead atoms. The Bertz CT molecular complexity index is 732. The predicted molar refractivity (Wildman–Crippen MR) is 101 cm³/mol. The first-order valence-electron chi connectivity index (χ1n) is 7.02. The molecule has 0 unspecified atom stereocenters. The highest BCUT2D eigenvalue weighted by atomic mass is 35.5. The lowest BCUT2D eigenvalue weighted by Crippen LogP contribution is -2.39. The number of benzene rings is 2. The van der Waals surface area contributed by atoms with E-state index in [1.54, 1.807) is 18.2 Å². The number of hydrogen-bond donors (Lipinski definition) is 3. The van der Waals surface area contributed by atoms with E-state index in [1.165, 1.54) is 0 Å². The van der Waals surface area contributed by atoms with Gasteiger partial charge in [-0.3, -0.25) is 15.5 Å². The molecule has 2 aromatic rings. The summed E-state index contributed by atoms with van der Waals surface area (Å²) in [4.78, 5) is 12.4. The molecule has 7 heteroatoms. The van der Waals surface area contributed by atoms with Crippen molar-refractivity contribution < 1.29 is 4.79 Å². The van der Waals surface area contributed by atoms with Crippen molar-refractivity contribution >= 4 is 47.5 Å².